The Balaban J connectivity index is 0.00000272. The highest BCUT2D eigenvalue weighted by Gasteiger charge is 2.10. The van der Waals surface area contributed by atoms with Crippen molar-refractivity contribution >= 4 is 18.2 Å². The first kappa shape index (κ1) is 22.1. The summed E-state index contributed by atoms with van der Waals surface area (Å²) in [6, 6.07) is 10.0. The number of hydrogen-bond acceptors (Lipinski definition) is 6. The molecule has 1 N–H and O–H groups in total. The monoisotopic (exact) mass is 444 g/mol. The number of aromatic nitrogens is 5. The van der Waals surface area contributed by atoms with Crippen molar-refractivity contribution in [1.82, 2.24) is 24.7 Å². The lowest BCUT2D eigenvalue weighted by Crippen LogP contribution is -2.06. The predicted octanol–water partition coefficient (Wildman–Crippen LogP) is 4.35. The van der Waals surface area contributed by atoms with Crippen LogP contribution in [-0.4, -0.2) is 31.8 Å². The van der Waals surface area contributed by atoms with Gasteiger partial charge in [0, 0.05) is 17.8 Å². The molecule has 0 radical (unpaired) electrons. The maximum Gasteiger partial charge on any atom is 0.149 e. The molecule has 31 heavy (non-hydrogen) atoms. The summed E-state index contributed by atoms with van der Waals surface area (Å²) >= 11 is 0. The van der Waals surface area contributed by atoms with Crippen LogP contribution in [0.2, 0.25) is 0 Å². The average molecular weight is 445 g/mol. The minimum Gasteiger partial charge on any atom is -0.495 e. The van der Waals surface area contributed by atoms with E-state index >= 15 is 0 Å². The fraction of sp³-hybridized carbons (Fsp3) is 0.143. The van der Waals surface area contributed by atoms with Gasteiger partial charge in [0.1, 0.15) is 23.2 Å². The van der Waals surface area contributed by atoms with E-state index in [-0.39, 0.29) is 24.6 Å². The van der Waals surface area contributed by atoms with Crippen molar-refractivity contribution in [3.05, 3.63) is 78.1 Å². The Morgan fingerprint density at radius 1 is 1.06 bits per heavy atom. The number of halogens is 3. The summed E-state index contributed by atoms with van der Waals surface area (Å²) in [5, 5.41) is 11.3. The van der Waals surface area contributed by atoms with Crippen LogP contribution in [0.3, 0.4) is 0 Å². The van der Waals surface area contributed by atoms with Gasteiger partial charge in [-0.25, -0.2) is 13.8 Å². The fourth-order valence-electron chi connectivity index (χ4n) is 2.93. The lowest BCUT2D eigenvalue weighted by molar-refractivity contribution is 0.413. The van der Waals surface area contributed by atoms with Gasteiger partial charge < -0.3 is 14.6 Å². The molecule has 160 valence electrons. The quantitative estimate of drug-likeness (QED) is 0.476. The lowest BCUT2D eigenvalue weighted by Gasteiger charge is -2.11. The van der Waals surface area contributed by atoms with Gasteiger partial charge in [0.2, 0.25) is 0 Å². The van der Waals surface area contributed by atoms with Crippen LogP contribution >= 0.6 is 12.4 Å². The van der Waals surface area contributed by atoms with Gasteiger partial charge in [-0.15, -0.1) is 22.6 Å². The molecule has 3 heterocycles. The first-order valence-corrected chi connectivity index (χ1v) is 9.10. The van der Waals surface area contributed by atoms with Crippen LogP contribution in [0, 0.1) is 18.6 Å². The van der Waals surface area contributed by atoms with E-state index in [4.69, 9.17) is 4.74 Å². The second-order valence-corrected chi connectivity index (χ2v) is 6.55. The van der Waals surface area contributed by atoms with Gasteiger partial charge in [-0.05, 0) is 31.2 Å². The Morgan fingerprint density at radius 2 is 1.90 bits per heavy atom. The maximum absolute atomic E-state index is 13.7. The highest BCUT2D eigenvalue weighted by Crippen LogP contribution is 2.29. The average Bonchev–Trinajstić information content (AvgIpc) is 3.19. The Labute approximate surface area is 183 Å². The number of rotatable bonds is 6. The van der Waals surface area contributed by atoms with Crippen molar-refractivity contribution in [1.29, 1.82) is 0 Å². The van der Waals surface area contributed by atoms with Crippen molar-refractivity contribution in [2.75, 3.05) is 12.4 Å². The second-order valence-electron chi connectivity index (χ2n) is 6.55. The van der Waals surface area contributed by atoms with Crippen LogP contribution < -0.4 is 10.1 Å². The van der Waals surface area contributed by atoms with Crippen LogP contribution in [-0.2, 0) is 6.54 Å². The van der Waals surface area contributed by atoms with Gasteiger partial charge in [0.05, 0.1) is 48.9 Å². The minimum atomic E-state index is -0.718. The minimum absolute atomic E-state index is 0. The summed E-state index contributed by atoms with van der Waals surface area (Å²) in [7, 11) is 1.60. The second kappa shape index (κ2) is 9.48. The SMILES string of the molecule is COc1cc(-c2ccc(NCc3ncc(F)cc3F)nn2)ccc1-n1cnc(C)c1.Cl. The molecule has 7 nitrogen and oxygen atoms in total. The third kappa shape index (κ3) is 4.95. The topological polar surface area (TPSA) is 77.8 Å². The van der Waals surface area contributed by atoms with Crippen LogP contribution in [0.5, 0.6) is 5.75 Å². The number of methoxy groups -OCH3 is 1. The van der Waals surface area contributed by atoms with Crippen molar-refractivity contribution in [2.24, 2.45) is 0 Å². The summed E-state index contributed by atoms with van der Waals surface area (Å²) in [5.74, 6) is -0.314. The van der Waals surface area contributed by atoms with Crippen LogP contribution in [0.25, 0.3) is 16.9 Å². The number of nitrogens with zero attached hydrogens (tertiary/aromatic N) is 5. The van der Waals surface area contributed by atoms with Gasteiger partial charge in [0.25, 0.3) is 0 Å². The number of ether oxygens (including phenoxy) is 1. The first-order valence-electron chi connectivity index (χ1n) is 9.10. The van der Waals surface area contributed by atoms with E-state index in [1.54, 1.807) is 25.6 Å². The summed E-state index contributed by atoms with van der Waals surface area (Å²) in [4.78, 5) is 7.97. The molecule has 4 rings (SSSR count). The number of imidazole rings is 1. The van der Waals surface area contributed by atoms with Gasteiger partial charge in [-0.2, -0.15) is 0 Å². The molecule has 0 unspecified atom stereocenters. The molecule has 0 atom stereocenters. The highest BCUT2D eigenvalue weighted by atomic mass is 35.5. The first-order chi connectivity index (χ1) is 14.5. The summed E-state index contributed by atoms with van der Waals surface area (Å²) in [6.07, 6.45) is 4.61. The van der Waals surface area contributed by atoms with Crippen molar-refractivity contribution < 1.29 is 13.5 Å². The molecule has 3 aromatic heterocycles. The zero-order valence-electron chi connectivity index (χ0n) is 16.7. The number of anilines is 1. The zero-order valence-corrected chi connectivity index (χ0v) is 17.5. The molecule has 0 aliphatic carbocycles. The Hall–Kier alpha value is -3.59. The van der Waals surface area contributed by atoms with Crippen LogP contribution in [0.1, 0.15) is 11.4 Å². The summed E-state index contributed by atoms with van der Waals surface area (Å²) in [5.41, 5.74) is 3.35. The largest absolute Gasteiger partial charge is 0.495 e. The summed E-state index contributed by atoms with van der Waals surface area (Å²) < 4.78 is 34.0. The molecule has 0 amide bonds. The van der Waals surface area contributed by atoms with E-state index in [9.17, 15) is 8.78 Å². The number of nitrogens with one attached hydrogen (secondary N) is 1. The lowest BCUT2D eigenvalue weighted by atomic mass is 10.1. The van der Waals surface area contributed by atoms with Crippen LogP contribution in [0.15, 0.2) is 55.1 Å². The molecule has 10 heteroatoms. The van der Waals surface area contributed by atoms with Crippen LogP contribution in [0.4, 0.5) is 14.6 Å². The molecule has 0 spiro atoms. The van der Waals surface area contributed by atoms with E-state index in [1.165, 1.54) is 0 Å². The van der Waals surface area contributed by atoms with E-state index < -0.39 is 11.6 Å². The fourth-order valence-corrected chi connectivity index (χ4v) is 2.93. The van der Waals surface area contributed by atoms with Gasteiger partial charge in [0.15, 0.2) is 0 Å². The smallest absolute Gasteiger partial charge is 0.149 e. The molecule has 0 bridgehead atoms. The Bertz CT molecular complexity index is 1180. The predicted molar refractivity (Wildman–Crippen MR) is 115 cm³/mol. The number of benzene rings is 1. The third-order valence-corrected chi connectivity index (χ3v) is 4.45. The molecular formula is C21H19ClF2N6O. The maximum atomic E-state index is 13.7. The van der Waals surface area contributed by atoms with E-state index in [1.807, 2.05) is 35.9 Å². The highest BCUT2D eigenvalue weighted by molar-refractivity contribution is 5.85. The Kier molecular flexibility index (Phi) is 6.76. The number of hydrogen-bond donors (Lipinski definition) is 1. The molecular weight excluding hydrogens is 426 g/mol. The molecule has 4 aromatic rings. The van der Waals surface area contributed by atoms with Crippen molar-refractivity contribution in [3.8, 4) is 22.7 Å². The summed E-state index contributed by atoms with van der Waals surface area (Å²) in [6.45, 7) is 1.98. The molecule has 1 aromatic carbocycles. The molecule has 0 fully saturated rings. The van der Waals surface area contributed by atoms with Gasteiger partial charge >= 0.3 is 0 Å². The van der Waals surface area contributed by atoms with Gasteiger partial charge in [-0.3, -0.25) is 4.98 Å². The van der Waals surface area contributed by atoms with Gasteiger partial charge in [-0.1, -0.05) is 6.07 Å². The molecule has 0 aliphatic rings. The normalized spacial score (nSPS) is 10.5. The molecule has 0 aliphatic heterocycles. The number of pyridine rings is 1. The third-order valence-electron chi connectivity index (χ3n) is 4.45. The molecule has 0 saturated carbocycles. The number of aryl methyl sites for hydroxylation is 1. The van der Waals surface area contributed by atoms with E-state index in [2.05, 4.69) is 25.5 Å². The molecule has 0 saturated heterocycles. The van der Waals surface area contributed by atoms with Crippen molar-refractivity contribution in [3.63, 3.8) is 0 Å². The van der Waals surface area contributed by atoms with Crippen molar-refractivity contribution in [2.45, 2.75) is 13.5 Å². The zero-order chi connectivity index (χ0) is 21.1. The van der Waals surface area contributed by atoms with E-state index in [0.717, 1.165) is 29.2 Å². The Morgan fingerprint density at radius 3 is 2.55 bits per heavy atom. The standard InChI is InChI=1S/C21H18F2N6O.ClH/c1-13-11-29(12-26-13)19-5-3-14(7-20(19)30-2)17-4-6-21(28-27-17)25-10-18-16(23)8-15(22)9-24-18;/h3-9,11-12H,10H2,1-2H3,(H,25,28);1H. The van der Waals surface area contributed by atoms with E-state index in [0.29, 0.717) is 17.3 Å².